The Bertz CT molecular complexity index is 1680. The molecule has 17 heteroatoms. The highest BCUT2D eigenvalue weighted by Crippen LogP contribution is 2.76. The van der Waals surface area contributed by atoms with Crippen LogP contribution in [0.2, 0.25) is 0 Å². The number of rotatable bonds is 9. The van der Waals surface area contributed by atoms with E-state index >= 15 is 0 Å². The first-order valence-electron chi connectivity index (χ1n) is 23.3. The Labute approximate surface area is 370 Å². The van der Waals surface area contributed by atoms with Gasteiger partial charge in [0.1, 0.15) is 66.8 Å². The monoisotopic (exact) mass is 898 g/mol. The molecule has 0 aromatic carbocycles. The summed E-state index contributed by atoms with van der Waals surface area (Å²) >= 11 is 0. The number of hydrogen-bond acceptors (Lipinski definition) is 17. The average molecular weight is 899 g/mol. The van der Waals surface area contributed by atoms with Crippen molar-refractivity contribution in [1.82, 2.24) is 0 Å². The summed E-state index contributed by atoms with van der Waals surface area (Å²) in [5, 5.41) is 98.1. The Morgan fingerprint density at radius 2 is 1.29 bits per heavy atom. The first-order valence-corrected chi connectivity index (χ1v) is 23.3. The van der Waals surface area contributed by atoms with Gasteiger partial charge in [-0.05, 0) is 112 Å². The number of ether oxygens (including phenoxy) is 7. The fourth-order valence-electron chi connectivity index (χ4n) is 14.5. The summed E-state index contributed by atoms with van der Waals surface area (Å²) < 4.78 is 42.7. The van der Waals surface area contributed by atoms with Crippen LogP contribution in [0.15, 0.2) is 11.6 Å². The quantitative estimate of drug-likeness (QED) is 0.0881. The van der Waals surface area contributed by atoms with Gasteiger partial charge in [0, 0.05) is 11.8 Å². The van der Waals surface area contributed by atoms with E-state index in [2.05, 4.69) is 27.7 Å². The third kappa shape index (κ3) is 7.73. The zero-order valence-electron chi connectivity index (χ0n) is 37.8. The molecule has 4 aliphatic carbocycles. The van der Waals surface area contributed by atoms with Gasteiger partial charge in [0.15, 0.2) is 25.2 Å². The molecule has 0 aromatic heterocycles. The molecule has 8 rings (SSSR count). The highest BCUT2D eigenvalue weighted by Gasteiger charge is 2.72. The fourth-order valence-corrected chi connectivity index (χ4v) is 14.5. The maximum atomic E-state index is 13.9. The molecule has 0 aromatic rings. The lowest BCUT2D eigenvalue weighted by molar-refractivity contribution is -0.383. The Morgan fingerprint density at radius 1 is 0.635 bits per heavy atom. The van der Waals surface area contributed by atoms with Gasteiger partial charge >= 0.3 is 0 Å². The molecular formula is C46H74O17. The van der Waals surface area contributed by atoms with Crippen LogP contribution < -0.4 is 0 Å². The zero-order chi connectivity index (χ0) is 45.8. The molecule has 9 N–H and O–H groups in total. The summed E-state index contributed by atoms with van der Waals surface area (Å²) in [7, 11) is 0. The number of aldehydes is 1. The number of aliphatic hydroxyl groups excluding tert-OH is 8. The van der Waals surface area contributed by atoms with Crippen LogP contribution in [0.1, 0.15) is 106 Å². The number of hydrogen-bond donors (Lipinski definition) is 9. The van der Waals surface area contributed by atoms with Crippen LogP contribution in [0.3, 0.4) is 0 Å². The largest absolute Gasteiger partial charge is 0.388 e. The van der Waals surface area contributed by atoms with Crippen LogP contribution in [0, 0.1) is 45.3 Å². The number of carbonyl (C=O) groups excluding carboxylic acids is 1. The Hall–Kier alpha value is -1.23. The standard InChI is InChI=1S/C46H74O17/c1-21(2)16-23-17-46(56,41(55)60-23)25-10-13-43(6)24(25)8-9-29-44(43,7)14-11-28-42(4,5)30(12-15-45(28,29)20-47)61-40-37(63-39-35(54)33(52)31(50)22(3)59-39)36(27(49)19-58-40)62-38-34(53)32(51)26(48)18-57-38/h16,20,22-41,48-56H,8-15,17-19H2,1-7H3/t22-,23-,24-,25-,26+,27+,28-,29-,30-,31+,32+,33+,34+,35-,36+,37+,38+,39+,40+,41-,43+,44+,45+,46-/m1/s1. The SMILES string of the molecule is CC(C)=C[C@@H]1C[C@@](O)([C@@H]2CC[C@@]3(C)[C@@H]2CC[C@H]2[C@]4(C=O)CC[C@@H](O[C@@H]5OC[C@H](O)[C@H](O[C@@H]6OC[C@H](O)[C@H](O)[C@@H]6O)[C@@H]5O[C@@H]5O[C@H](C)[C@H](O)[C@H](O)[C@H]5O)C(C)(C)[C@H]4CC[C@@]23C)[C@H](O)O1. The summed E-state index contributed by atoms with van der Waals surface area (Å²) in [4.78, 5) is 13.9. The summed E-state index contributed by atoms with van der Waals surface area (Å²) in [6.07, 6.45) is -11.7. The molecule has 8 fully saturated rings. The minimum atomic E-state index is -1.73. The van der Waals surface area contributed by atoms with Crippen LogP contribution >= 0.6 is 0 Å². The van der Waals surface area contributed by atoms with Crippen molar-refractivity contribution in [3.8, 4) is 0 Å². The van der Waals surface area contributed by atoms with Crippen LogP contribution in [0.25, 0.3) is 0 Å². The molecule has 4 heterocycles. The van der Waals surface area contributed by atoms with E-state index in [0.717, 1.165) is 44.1 Å². The topological polar surface area (TPSA) is 264 Å². The highest BCUT2D eigenvalue weighted by molar-refractivity contribution is 5.62. The predicted octanol–water partition coefficient (Wildman–Crippen LogP) is 0.794. The van der Waals surface area contributed by atoms with E-state index in [0.29, 0.717) is 19.3 Å². The van der Waals surface area contributed by atoms with E-state index < -0.39 is 109 Å². The average Bonchev–Trinajstić information content (AvgIpc) is 3.73. The van der Waals surface area contributed by atoms with Gasteiger partial charge in [0.2, 0.25) is 0 Å². The van der Waals surface area contributed by atoms with Gasteiger partial charge in [-0.1, -0.05) is 39.3 Å². The maximum absolute atomic E-state index is 13.9. The molecular weight excluding hydrogens is 824 g/mol. The van der Waals surface area contributed by atoms with Gasteiger partial charge < -0.3 is 83.9 Å². The summed E-state index contributed by atoms with van der Waals surface area (Å²) in [6, 6.07) is 0. The Balaban J connectivity index is 1.04. The van der Waals surface area contributed by atoms with Gasteiger partial charge in [0.25, 0.3) is 0 Å². The molecule has 0 unspecified atom stereocenters. The second-order valence-corrected chi connectivity index (χ2v) is 21.9. The molecule has 24 atom stereocenters. The molecule has 0 amide bonds. The minimum absolute atomic E-state index is 0.0544. The number of carbonyl (C=O) groups is 1. The van der Waals surface area contributed by atoms with Crippen LogP contribution in [-0.2, 0) is 38.0 Å². The number of allylic oxidation sites excluding steroid dienone is 1. The normalized spacial score (nSPS) is 55.6. The van der Waals surface area contributed by atoms with E-state index in [1.165, 1.54) is 13.2 Å². The van der Waals surface area contributed by atoms with Crippen molar-refractivity contribution in [2.24, 2.45) is 45.3 Å². The third-order valence-electron chi connectivity index (χ3n) is 18.1. The molecule has 4 saturated carbocycles. The minimum Gasteiger partial charge on any atom is -0.388 e. The molecule has 63 heavy (non-hydrogen) atoms. The van der Waals surface area contributed by atoms with Crippen LogP contribution in [0.5, 0.6) is 0 Å². The molecule has 0 radical (unpaired) electrons. The number of fused-ring (bicyclic) bond motifs is 5. The van der Waals surface area contributed by atoms with Crippen molar-refractivity contribution in [3.63, 3.8) is 0 Å². The Morgan fingerprint density at radius 3 is 1.98 bits per heavy atom. The predicted molar refractivity (Wildman–Crippen MR) is 220 cm³/mol. The van der Waals surface area contributed by atoms with Crippen LogP contribution in [-0.4, -0.2) is 169 Å². The van der Waals surface area contributed by atoms with E-state index in [9.17, 15) is 50.8 Å². The van der Waals surface area contributed by atoms with Gasteiger partial charge in [-0.2, -0.15) is 0 Å². The maximum Gasteiger partial charge on any atom is 0.187 e. The van der Waals surface area contributed by atoms with E-state index in [4.69, 9.17) is 33.2 Å². The van der Waals surface area contributed by atoms with Gasteiger partial charge in [-0.15, -0.1) is 0 Å². The van der Waals surface area contributed by atoms with Gasteiger partial charge in [-0.3, -0.25) is 0 Å². The lowest BCUT2D eigenvalue weighted by Gasteiger charge is -2.69. The molecule has 0 spiro atoms. The van der Waals surface area contributed by atoms with E-state index in [1.54, 1.807) is 0 Å². The molecule has 4 aliphatic heterocycles. The second kappa shape index (κ2) is 17.4. The summed E-state index contributed by atoms with van der Waals surface area (Å²) in [5.41, 5.74) is -2.02. The highest BCUT2D eigenvalue weighted by atomic mass is 16.8. The molecule has 8 aliphatic rings. The van der Waals surface area contributed by atoms with E-state index in [1.807, 2.05) is 19.9 Å². The summed E-state index contributed by atoms with van der Waals surface area (Å²) in [5.74, 6) is -0.0527. The first kappa shape index (κ1) is 48.2. The molecule has 17 nitrogen and oxygen atoms in total. The van der Waals surface area contributed by atoms with Gasteiger partial charge in [0.05, 0.1) is 31.5 Å². The first-order chi connectivity index (χ1) is 29.5. The molecule has 0 bridgehead atoms. The molecule has 4 saturated heterocycles. The number of aliphatic hydroxyl groups is 9. The van der Waals surface area contributed by atoms with Gasteiger partial charge in [-0.25, -0.2) is 0 Å². The van der Waals surface area contributed by atoms with Crippen molar-refractivity contribution < 1.29 is 83.9 Å². The van der Waals surface area contributed by atoms with Crippen molar-refractivity contribution in [3.05, 3.63) is 11.6 Å². The van der Waals surface area contributed by atoms with Crippen molar-refractivity contribution in [2.45, 2.75) is 210 Å². The van der Waals surface area contributed by atoms with Crippen LogP contribution in [0.4, 0.5) is 0 Å². The summed E-state index contributed by atoms with van der Waals surface area (Å²) in [6.45, 7) is 13.7. The molecule has 360 valence electrons. The smallest absolute Gasteiger partial charge is 0.187 e. The zero-order valence-corrected chi connectivity index (χ0v) is 37.8. The Kier molecular flexibility index (Phi) is 13.3. The lowest BCUT2D eigenvalue weighted by Crippen LogP contribution is -2.67. The lowest BCUT2D eigenvalue weighted by atomic mass is 9.35. The van der Waals surface area contributed by atoms with Crippen molar-refractivity contribution in [1.29, 1.82) is 0 Å². The van der Waals surface area contributed by atoms with E-state index in [-0.39, 0.29) is 53.8 Å². The fraction of sp³-hybridized carbons (Fsp3) is 0.935. The van der Waals surface area contributed by atoms with Crippen molar-refractivity contribution in [2.75, 3.05) is 13.2 Å². The second-order valence-electron chi connectivity index (χ2n) is 21.9. The van der Waals surface area contributed by atoms with Crippen molar-refractivity contribution >= 4 is 6.29 Å². The third-order valence-corrected chi connectivity index (χ3v) is 18.1.